The van der Waals surface area contributed by atoms with Gasteiger partial charge in [-0.1, -0.05) is 6.07 Å². The van der Waals surface area contributed by atoms with E-state index in [1.165, 1.54) is 5.69 Å². The van der Waals surface area contributed by atoms with Gasteiger partial charge in [-0.15, -0.1) is 0 Å². The Balaban J connectivity index is 1.91. The van der Waals surface area contributed by atoms with Gasteiger partial charge in [-0.25, -0.2) is 0 Å². The summed E-state index contributed by atoms with van der Waals surface area (Å²) in [6.07, 6.45) is 0. The van der Waals surface area contributed by atoms with Gasteiger partial charge in [-0.3, -0.25) is 0 Å². The molecule has 100 valence electrons. The van der Waals surface area contributed by atoms with Crippen molar-refractivity contribution >= 4 is 5.69 Å². The lowest BCUT2D eigenvalue weighted by Crippen LogP contribution is -2.43. The SMILES string of the molecule is CN(C)CCOc1cccc(N2CCNCC2)c1. The smallest absolute Gasteiger partial charge is 0.121 e. The Kier molecular flexibility index (Phi) is 4.84. The van der Waals surface area contributed by atoms with Crippen LogP contribution in [0.25, 0.3) is 0 Å². The predicted octanol–water partition coefficient (Wildman–Crippen LogP) is 1.04. The van der Waals surface area contributed by atoms with Crippen LogP contribution in [0.5, 0.6) is 5.75 Å². The standard InChI is InChI=1S/C14H23N3O/c1-16(2)10-11-18-14-5-3-4-13(12-14)17-8-6-15-7-9-17/h3-5,12,15H,6-11H2,1-2H3. The zero-order chi connectivity index (χ0) is 12.8. The highest BCUT2D eigenvalue weighted by atomic mass is 16.5. The molecular formula is C14H23N3O. The lowest BCUT2D eigenvalue weighted by Gasteiger charge is -2.29. The molecule has 1 aliphatic heterocycles. The van der Waals surface area contributed by atoms with Gasteiger partial charge in [0, 0.05) is 44.5 Å². The Hall–Kier alpha value is -1.26. The fraction of sp³-hybridized carbons (Fsp3) is 0.571. The predicted molar refractivity (Wildman–Crippen MR) is 75.6 cm³/mol. The average molecular weight is 249 g/mol. The van der Waals surface area contributed by atoms with E-state index in [1.807, 2.05) is 6.07 Å². The number of likely N-dealkylation sites (N-methyl/N-ethyl adjacent to an activating group) is 1. The molecule has 4 nitrogen and oxygen atoms in total. The second-order valence-corrected chi connectivity index (χ2v) is 4.89. The molecule has 1 fully saturated rings. The van der Waals surface area contributed by atoms with E-state index in [9.17, 15) is 0 Å². The fourth-order valence-corrected chi connectivity index (χ4v) is 2.04. The minimum absolute atomic E-state index is 0.734. The first-order valence-electron chi connectivity index (χ1n) is 6.59. The van der Waals surface area contributed by atoms with Crippen molar-refractivity contribution in [3.05, 3.63) is 24.3 Å². The molecule has 1 aromatic carbocycles. The lowest BCUT2D eigenvalue weighted by atomic mass is 10.2. The van der Waals surface area contributed by atoms with Gasteiger partial charge in [0.05, 0.1) is 0 Å². The van der Waals surface area contributed by atoms with E-state index in [1.54, 1.807) is 0 Å². The normalized spacial score (nSPS) is 16.1. The summed E-state index contributed by atoms with van der Waals surface area (Å²) in [5, 5.41) is 3.37. The van der Waals surface area contributed by atoms with E-state index in [4.69, 9.17) is 4.74 Å². The fourth-order valence-electron chi connectivity index (χ4n) is 2.04. The Morgan fingerprint density at radius 1 is 1.28 bits per heavy atom. The lowest BCUT2D eigenvalue weighted by molar-refractivity contribution is 0.261. The third-order valence-corrected chi connectivity index (χ3v) is 3.11. The van der Waals surface area contributed by atoms with Gasteiger partial charge >= 0.3 is 0 Å². The molecule has 1 heterocycles. The maximum absolute atomic E-state index is 5.76. The number of rotatable bonds is 5. The van der Waals surface area contributed by atoms with Crippen LogP contribution in [0.4, 0.5) is 5.69 Å². The zero-order valence-electron chi connectivity index (χ0n) is 11.4. The molecule has 0 amide bonds. The van der Waals surface area contributed by atoms with Gasteiger partial charge < -0.3 is 19.9 Å². The molecule has 0 spiro atoms. The summed E-state index contributed by atoms with van der Waals surface area (Å²) in [7, 11) is 4.11. The van der Waals surface area contributed by atoms with Crippen LogP contribution < -0.4 is 15.0 Å². The van der Waals surface area contributed by atoms with Crippen molar-refractivity contribution in [1.82, 2.24) is 10.2 Å². The molecule has 0 radical (unpaired) electrons. The highest BCUT2D eigenvalue weighted by Gasteiger charge is 2.10. The first kappa shape index (κ1) is 13.2. The molecule has 2 rings (SSSR count). The van der Waals surface area contributed by atoms with Crippen molar-refractivity contribution in [2.24, 2.45) is 0 Å². The van der Waals surface area contributed by atoms with Crippen LogP contribution in [0.1, 0.15) is 0 Å². The molecule has 1 aliphatic rings. The van der Waals surface area contributed by atoms with Crippen molar-refractivity contribution in [2.75, 3.05) is 58.3 Å². The minimum Gasteiger partial charge on any atom is -0.492 e. The summed E-state index contributed by atoms with van der Waals surface area (Å²) in [6, 6.07) is 8.40. The van der Waals surface area contributed by atoms with Crippen molar-refractivity contribution in [3.8, 4) is 5.75 Å². The van der Waals surface area contributed by atoms with Crippen molar-refractivity contribution in [3.63, 3.8) is 0 Å². The maximum Gasteiger partial charge on any atom is 0.121 e. The molecule has 0 aromatic heterocycles. The van der Waals surface area contributed by atoms with Crippen LogP contribution in [0.2, 0.25) is 0 Å². The van der Waals surface area contributed by atoms with Gasteiger partial charge in [0.25, 0.3) is 0 Å². The highest BCUT2D eigenvalue weighted by molar-refractivity contribution is 5.51. The molecule has 0 aliphatic carbocycles. The first-order chi connectivity index (χ1) is 8.75. The minimum atomic E-state index is 0.734. The summed E-state index contributed by atoms with van der Waals surface area (Å²) >= 11 is 0. The second kappa shape index (κ2) is 6.61. The zero-order valence-corrected chi connectivity index (χ0v) is 11.4. The van der Waals surface area contributed by atoms with E-state index in [2.05, 4.69) is 47.4 Å². The van der Waals surface area contributed by atoms with E-state index >= 15 is 0 Å². The third kappa shape index (κ3) is 3.89. The Morgan fingerprint density at radius 3 is 2.78 bits per heavy atom. The Morgan fingerprint density at radius 2 is 2.06 bits per heavy atom. The maximum atomic E-state index is 5.76. The van der Waals surface area contributed by atoms with Crippen molar-refractivity contribution in [2.45, 2.75) is 0 Å². The number of hydrogen-bond acceptors (Lipinski definition) is 4. The van der Waals surface area contributed by atoms with E-state index in [0.717, 1.165) is 45.1 Å². The number of piperazine rings is 1. The number of benzene rings is 1. The largest absolute Gasteiger partial charge is 0.492 e. The summed E-state index contributed by atoms with van der Waals surface area (Å²) in [6.45, 7) is 5.94. The summed E-state index contributed by atoms with van der Waals surface area (Å²) in [5.74, 6) is 0.966. The molecule has 1 saturated heterocycles. The summed E-state index contributed by atoms with van der Waals surface area (Å²) < 4.78 is 5.76. The average Bonchev–Trinajstić information content (AvgIpc) is 2.40. The van der Waals surface area contributed by atoms with Crippen LogP contribution in [-0.2, 0) is 0 Å². The quantitative estimate of drug-likeness (QED) is 0.844. The number of nitrogens with one attached hydrogen (secondary N) is 1. The van der Waals surface area contributed by atoms with Gasteiger partial charge in [0.1, 0.15) is 12.4 Å². The molecule has 4 heteroatoms. The van der Waals surface area contributed by atoms with Crippen molar-refractivity contribution < 1.29 is 4.74 Å². The van der Waals surface area contributed by atoms with Gasteiger partial charge in [-0.2, -0.15) is 0 Å². The van der Waals surface area contributed by atoms with Crippen LogP contribution in [0.3, 0.4) is 0 Å². The summed E-state index contributed by atoms with van der Waals surface area (Å²) in [4.78, 5) is 4.52. The number of anilines is 1. The van der Waals surface area contributed by atoms with Gasteiger partial charge in [-0.05, 0) is 26.2 Å². The summed E-state index contributed by atoms with van der Waals surface area (Å²) in [5.41, 5.74) is 1.26. The molecule has 0 saturated carbocycles. The van der Waals surface area contributed by atoms with Crippen LogP contribution >= 0.6 is 0 Å². The van der Waals surface area contributed by atoms with Gasteiger partial charge in [0.2, 0.25) is 0 Å². The first-order valence-corrected chi connectivity index (χ1v) is 6.59. The van der Waals surface area contributed by atoms with Crippen molar-refractivity contribution in [1.29, 1.82) is 0 Å². The number of nitrogens with zero attached hydrogens (tertiary/aromatic N) is 2. The molecule has 1 N–H and O–H groups in total. The monoisotopic (exact) mass is 249 g/mol. The molecule has 0 unspecified atom stereocenters. The Labute approximate surface area is 110 Å². The van der Waals surface area contributed by atoms with Gasteiger partial charge in [0.15, 0.2) is 0 Å². The number of ether oxygens (including phenoxy) is 1. The van der Waals surface area contributed by atoms with E-state index in [-0.39, 0.29) is 0 Å². The molecular weight excluding hydrogens is 226 g/mol. The number of hydrogen-bond donors (Lipinski definition) is 1. The molecule has 18 heavy (non-hydrogen) atoms. The van der Waals surface area contributed by atoms with E-state index in [0.29, 0.717) is 0 Å². The topological polar surface area (TPSA) is 27.7 Å². The second-order valence-electron chi connectivity index (χ2n) is 4.89. The van der Waals surface area contributed by atoms with Crippen LogP contribution in [0.15, 0.2) is 24.3 Å². The van der Waals surface area contributed by atoms with E-state index < -0.39 is 0 Å². The van der Waals surface area contributed by atoms with Crippen LogP contribution in [0, 0.1) is 0 Å². The molecule has 0 atom stereocenters. The third-order valence-electron chi connectivity index (χ3n) is 3.11. The molecule has 1 aromatic rings. The molecule has 0 bridgehead atoms. The highest BCUT2D eigenvalue weighted by Crippen LogP contribution is 2.21. The Bertz CT molecular complexity index is 362. The van der Waals surface area contributed by atoms with Crippen LogP contribution in [-0.4, -0.2) is 58.3 Å².